The van der Waals surface area contributed by atoms with Crippen LogP contribution in [0.4, 0.5) is 5.82 Å². The molecule has 0 bridgehead atoms. The van der Waals surface area contributed by atoms with Crippen molar-refractivity contribution in [2.75, 3.05) is 18.5 Å². The number of rotatable bonds is 4. The summed E-state index contributed by atoms with van der Waals surface area (Å²) in [5.74, 6) is 1.49. The zero-order valence-corrected chi connectivity index (χ0v) is 18.2. The van der Waals surface area contributed by atoms with Crippen LogP contribution in [0.25, 0.3) is 16.2 Å². The first-order valence-corrected chi connectivity index (χ1v) is 11.1. The highest BCUT2D eigenvalue weighted by atomic mass is 32.1. The normalized spacial score (nSPS) is 20.9. The number of fused-ring (bicyclic) bond motifs is 3. The Morgan fingerprint density at radius 3 is 2.90 bits per heavy atom. The van der Waals surface area contributed by atoms with E-state index in [4.69, 9.17) is 19.4 Å². The fourth-order valence-corrected chi connectivity index (χ4v) is 5.30. The fourth-order valence-electron chi connectivity index (χ4n) is 4.20. The summed E-state index contributed by atoms with van der Waals surface area (Å²) >= 11 is 1.71. The maximum Gasteiger partial charge on any atom is 0.254 e. The molecule has 0 unspecified atom stereocenters. The Balaban J connectivity index is 1.62. The molecule has 1 atom stereocenters. The molecule has 2 aliphatic heterocycles. The molecule has 0 aromatic carbocycles. The molecule has 5 heterocycles. The van der Waals surface area contributed by atoms with Gasteiger partial charge in [0.2, 0.25) is 0 Å². The first kappa shape index (κ1) is 19.0. The van der Waals surface area contributed by atoms with Crippen molar-refractivity contribution in [1.29, 1.82) is 0 Å². The van der Waals surface area contributed by atoms with Crippen molar-refractivity contribution in [3.63, 3.8) is 0 Å². The second-order valence-electron chi connectivity index (χ2n) is 8.64. The summed E-state index contributed by atoms with van der Waals surface area (Å²) in [5, 5.41) is 9.30. The highest BCUT2D eigenvalue weighted by Crippen LogP contribution is 2.41. The number of ether oxygens (including phenoxy) is 2. The molecule has 29 heavy (non-hydrogen) atoms. The van der Waals surface area contributed by atoms with Gasteiger partial charge in [0.25, 0.3) is 5.95 Å². The highest BCUT2D eigenvalue weighted by Gasteiger charge is 2.31. The van der Waals surface area contributed by atoms with Crippen LogP contribution < -0.4 is 5.32 Å². The molecule has 0 aliphatic carbocycles. The smallest absolute Gasteiger partial charge is 0.254 e. The topological polar surface area (TPSA) is 74.1 Å². The van der Waals surface area contributed by atoms with Gasteiger partial charge in [-0.15, -0.1) is 11.3 Å². The van der Waals surface area contributed by atoms with Crippen LogP contribution in [0.1, 0.15) is 48.5 Å². The first-order chi connectivity index (χ1) is 13.9. The number of aromatic nitrogens is 4. The summed E-state index contributed by atoms with van der Waals surface area (Å²) in [4.78, 5) is 12.1. The Bertz CT molecular complexity index is 1060. The predicted molar refractivity (Wildman–Crippen MR) is 114 cm³/mol. The van der Waals surface area contributed by atoms with E-state index in [1.165, 1.54) is 10.4 Å². The quantitative estimate of drug-likeness (QED) is 0.698. The van der Waals surface area contributed by atoms with Gasteiger partial charge in [0.15, 0.2) is 0 Å². The molecule has 1 saturated heterocycles. The number of aryl methyl sites for hydroxylation is 2. The van der Waals surface area contributed by atoms with Gasteiger partial charge in [-0.1, -0.05) is 0 Å². The van der Waals surface area contributed by atoms with Gasteiger partial charge < -0.3 is 14.8 Å². The van der Waals surface area contributed by atoms with E-state index in [1.54, 1.807) is 11.3 Å². The van der Waals surface area contributed by atoms with Crippen molar-refractivity contribution in [2.45, 2.75) is 65.3 Å². The molecule has 3 aromatic rings. The van der Waals surface area contributed by atoms with Gasteiger partial charge >= 0.3 is 0 Å². The molecular formula is C21H27N5O2S. The monoisotopic (exact) mass is 413 g/mol. The van der Waals surface area contributed by atoms with E-state index >= 15 is 0 Å². The van der Waals surface area contributed by atoms with E-state index in [0.717, 1.165) is 59.8 Å². The van der Waals surface area contributed by atoms with Gasteiger partial charge in [0, 0.05) is 30.1 Å². The maximum absolute atomic E-state index is 6.04. The summed E-state index contributed by atoms with van der Waals surface area (Å²) in [6.07, 6.45) is 3.32. The van der Waals surface area contributed by atoms with E-state index in [2.05, 4.69) is 24.3 Å². The molecule has 8 heteroatoms. The van der Waals surface area contributed by atoms with Crippen LogP contribution in [-0.2, 0) is 22.5 Å². The second kappa shape index (κ2) is 7.04. The maximum atomic E-state index is 6.04. The number of hydrogen-bond donors (Lipinski definition) is 1. The molecule has 1 fully saturated rings. The fraction of sp³-hybridized carbons (Fsp3) is 0.571. The van der Waals surface area contributed by atoms with Crippen LogP contribution in [0.5, 0.6) is 0 Å². The molecule has 0 saturated carbocycles. The van der Waals surface area contributed by atoms with Crippen molar-refractivity contribution < 1.29 is 9.47 Å². The Kier molecular flexibility index (Phi) is 4.60. The van der Waals surface area contributed by atoms with Gasteiger partial charge in [-0.05, 0) is 52.2 Å². The van der Waals surface area contributed by atoms with Crippen molar-refractivity contribution in [1.82, 2.24) is 19.7 Å². The van der Waals surface area contributed by atoms with E-state index in [-0.39, 0.29) is 11.7 Å². The molecule has 154 valence electrons. The molecule has 1 N–H and O–H groups in total. The lowest BCUT2D eigenvalue weighted by atomic mass is 9.94. The average molecular weight is 414 g/mol. The number of anilines is 1. The standard InChI is InChI=1S/C21H27N5O2S/c1-12-8-13(2)26(25-12)20-23-18(22-10-14-6-5-7-27-14)17-15-9-21(3,4)28-11-16(15)29-19(17)24-20/h8,14H,5-7,9-11H2,1-4H3,(H,22,23,24)/t14-/m1/s1. The van der Waals surface area contributed by atoms with E-state index in [0.29, 0.717) is 12.6 Å². The SMILES string of the molecule is Cc1cc(C)n(-c2nc(NC[C@H]3CCCO3)c3c4c(sc3n2)COC(C)(C)C4)n1. The summed E-state index contributed by atoms with van der Waals surface area (Å²) in [5.41, 5.74) is 3.12. The third-order valence-electron chi connectivity index (χ3n) is 5.64. The van der Waals surface area contributed by atoms with Crippen LogP contribution >= 0.6 is 11.3 Å². The molecule has 3 aromatic heterocycles. The third-order valence-corrected chi connectivity index (χ3v) is 6.74. The van der Waals surface area contributed by atoms with Gasteiger partial charge in [-0.2, -0.15) is 15.1 Å². The second-order valence-corrected chi connectivity index (χ2v) is 9.72. The number of hydrogen-bond acceptors (Lipinski definition) is 7. The molecule has 0 amide bonds. The lowest BCUT2D eigenvalue weighted by Crippen LogP contribution is -2.31. The molecule has 2 aliphatic rings. The average Bonchev–Trinajstić information content (AvgIpc) is 3.37. The minimum absolute atomic E-state index is 0.179. The van der Waals surface area contributed by atoms with Gasteiger partial charge in [0.1, 0.15) is 10.6 Å². The number of thiophene rings is 1. The Hall–Kier alpha value is -2.03. The molecule has 0 radical (unpaired) electrons. The lowest BCUT2D eigenvalue weighted by molar-refractivity contribution is -0.0379. The van der Waals surface area contributed by atoms with E-state index in [9.17, 15) is 0 Å². The number of nitrogens with one attached hydrogen (secondary N) is 1. The van der Waals surface area contributed by atoms with Crippen molar-refractivity contribution in [3.05, 3.63) is 27.9 Å². The Morgan fingerprint density at radius 1 is 1.31 bits per heavy atom. The summed E-state index contributed by atoms with van der Waals surface area (Å²) in [6.45, 7) is 10.5. The first-order valence-electron chi connectivity index (χ1n) is 10.2. The van der Waals surface area contributed by atoms with Crippen LogP contribution in [0.2, 0.25) is 0 Å². The minimum atomic E-state index is -0.179. The zero-order chi connectivity index (χ0) is 20.2. The molecule has 5 rings (SSSR count). The van der Waals surface area contributed by atoms with Crippen LogP contribution in [0, 0.1) is 13.8 Å². The Morgan fingerprint density at radius 2 is 2.17 bits per heavy atom. The zero-order valence-electron chi connectivity index (χ0n) is 17.4. The van der Waals surface area contributed by atoms with Crippen molar-refractivity contribution in [2.24, 2.45) is 0 Å². The van der Waals surface area contributed by atoms with E-state index in [1.807, 2.05) is 24.6 Å². The lowest BCUT2D eigenvalue weighted by Gasteiger charge is -2.30. The van der Waals surface area contributed by atoms with Crippen LogP contribution in [0.15, 0.2) is 6.07 Å². The van der Waals surface area contributed by atoms with Gasteiger partial charge in [-0.25, -0.2) is 4.68 Å². The third kappa shape index (κ3) is 3.53. The number of nitrogens with zero attached hydrogens (tertiary/aromatic N) is 4. The minimum Gasteiger partial charge on any atom is -0.376 e. The van der Waals surface area contributed by atoms with Crippen LogP contribution in [0.3, 0.4) is 0 Å². The molecular weight excluding hydrogens is 386 g/mol. The Labute approximate surface area is 174 Å². The summed E-state index contributed by atoms with van der Waals surface area (Å²) in [6, 6.07) is 2.04. The van der Waals surface area contributed by atoms with Crippen LogP contribution in [-0.4, -0.2) is 44.6 Å². The highest BCUT2D eigenvalue weighted by molar-refractivity contribution is 7.19. The summed E-state index contributed by atoms with van der Waals surface area (Å²) < 4.78 is 13.7. The van der Waals surface area contributed by atoms with Gasteiger partial charge in [-0.3, -0.25) is 0 Å². The molecule has 7 nitrogen and oxygen atoms in total. The van der Waals surface area contributed by atoms with Gasteiger partial charge in [0.05, 0.1) is 29.4 Å². The predicted octanol–water partition coefficient (Wildman–Crippen LogP) is 3.94. The largest absolute Gasteiger partial charge is 0.376 e. The van der Waals surface area contributed by atoms with Crippen molar-refractivity contribution in [3.8, 4) is 5.95 Å². The molecule has 0 spiro atoms. The summed E-state index contributed by atoms with van der Waals surface area (Å²) in [7, 11) is 0. The van der Waals surface area contributed by atoms with E-state index < -0.39 is 0 Å². The van der Waals surface area contributed by atoms with Crippen molar-refractivity contribution >= 4 is 27.4 Å².